The highest BCUT2D eigenvalue weighted by Crippen LogP contribution is 2.11. The van der Waals surface area contributed by atoms with Crippen molar-refractivity contribution in [1.82, 2.24) is 25.0 Å². The summed E-state index contributed by atoms with van der Waals surface area (Å²) in [7, 11) is 4.02. The lowest BCUT2D eigenvalue weighted by Gasteiger charge is -2.24. The quantitative estimate of drug-likeness (QED) is 0.388. The van der Waals surface area contributed by atoms with Gasteiger partial charge in [-0.15, -0.1) is 34.2 Å². The summed E-state index contributed by atoms with van der Waals surface area (Å²) in [4.78, 5) is 6.91. The SMILES string of the molecule is Cc1nnc(CN=C(NCC2CCCO2)N(C)Cc2ccccc2)n1C.I. The van der Waals surface area contributed by atoms with Crippen LogP contribution < -0.4 is 5.32 Å². The molecule has 3 rings (SSSR count). The normalized spacial score (nSPS) is 16.9. The van der Waals surface area contributed by atoms with E-state index in [4.69, 9.17) is 9.73 Å². The summed E-state index contributed by atoms with van der Waals surface area (Å²) >= 11 is 0. The van der Waals surface area contributed by atoms with Gasteiger partial charge in [0, 0.05) is 33.8 Å². The smallest absolute Gasteiger partial charge is 0.194 e. The van der Waals surface area contributed by atoms with Crippen LogP contribution in [0.4, 0.5) is 0 Å². The maximum Gasteiger partial charge on any atom is 0.194 e. The van der Waals surface area contributed by atoms with E-state index in [1.807, 2.05) is 24.6 Å². The zero-order chi connectivity index (χ0) is 18.4. The van der Waals surface area contributed by atoms with Crippen LogP contribution >= 0.6 is 24.0 Å². The van der Waals surface area contributed by atoms with Crippen molar-refractivity contribution in [2.24, 2.45) is 12.0 Å². The lowest BCUT2D eigenvalue weighted by atomic mass is 10.2. The third-order valence-electron chi connectivity index (χ3n) is 4.69. The minimum Gasteiger partial charge on any atom is -0.376 e. The number of aliphatic imine (C=N–C) groups is 1. The highest BCUT2D eigenvalue weighted by Gasteiger charge is 2.17. The number of aromatic nitrogens is 3. The van der Waals surface area contributed by atoms with E-state index in [2.05, 4.69) is 51.7 Å². The third kappa shape index (κ3) is 6.17. The molecule has 1 aromatic carbocycles. The Bertz CT molecular complexity index is 727. The average Bonchev–Trinajstić information content (AvgIpc) is 3.27. The maximum atomic E-state index is 5.72. The molecule has 2 aromatic rings. The second-order valence-electron chi connectivity index (χ2n) is 6.72. The van der Waals surface area contributed by atoms with Gasteiger partial charge in [0.2, 0.25) is 0 Å². The molecule has 0 radical (unpaired) electrons. The van der Waals surface area contributed by atoms with Crippen molar-refractivity contribution < 1.29 is 4.74 Å². The van der Waals surface area contributed by atoms with Crippen LogP contribution in [-0.2, 0) is 24.9 Å². The van der Waals surface area contributed by atoms with E-state index in [1.165, 1.54) is 5.56 Å². The minimum atomic E-state index is 0. The topological polar surface area (TPSA) is 67.6 Å². The summed E-state index contributed by atoms with van der Waals surface area (Å²) < 4.78 is 7.69. The number of nitrogens with zero attached hydrogens (tertiary/aromatic N) is 5. The molecule has 1 N–H and O–H groups in total. The number of hydrogen-bond donors (Lipinski definition) is 1. The fourth-order valence-electron chi connectivity index (χ4n) is 2.99. The monoisotopic (exact) mass is 484 g/mol. The van der Waals surface area contributed by atoms with Crippen molar-refractivity contribution in [2.45, 2.75) is 39.0 Å². The third-order valence-corrected chi connectivity index (χ3v) is 4.69. The first-order valence-corrected chi connectivity index (χ1v) is 9.13. The molecule has 27 heavy (non-hydrogen) atoms. The number of nitrogens with one attached hydrogen (secondary N) is 1. The van der Waals surface area contributed by atoms with E-state index in [1.54, 1.807) is 0 Å². The number of aryl methyl sites for hydroxylation is 1. The van der Waals surface area contributed by atoms with Gasteiger partial charge in [-0.25, -0.2) is 4.99 Å². The van der Waals surface area contributed by atoms with Crippen molar-refractivity contribution in [3.8, 4) is 0 Å². The van der Waals surface area contributed by atoms with E-state index < -0.39 is 0 Å². The molecule has 1 unspecified atom stereocenters. The predicted molar refractivity (Wildman–Crippen MR) is 117 cm³/mol. The molecular formula is C19H29IN6O. The number of benzene rings is 1. The molecule has 148 valence electrons. The molecule has 1 aliphatic heterocycles. The van der Waals surface area contributed by atoms with Gasteiger partial charge in [-0.05, 0) is 25.3 Å². The van der Waals surface area contributed by atoms with Crippen LogP contribution in [-0.4, -0.2) is 51.9 Å². The minimum absolute atomic E-state index is 0. The molecule has 1 aromatic heterocycles. The Balaban J connectivity index is 0.00000261. The maximum absolute atomic E-state index is 5.72. The molecule has 0 amide bonds. The first-order valence-electron chi connectivity index (χ1n) is 9.13. The average molecular weight is 484 g/mol. The zero-order valence-electron chi connectivity index (χ0n) is 16.3. The Kier molecular flexibility index (Phi) is 8.49. The second kappa shape index (κ2) is 10.6. The number of rotatable bonds is 6. The van der Waals surface area contributed by atoms with Gasteiger partial charge in [0.25, 0.3) is 0 Å². The van der Waals surface area contributed by atoms with Gasteiger partial charge in [-0.3, -0.25) is 0 Å². The van der Waals surface area contributed by atoms with Gasteiger partial charge >= 0.3 is 0 Å². The number of ether oxygens (including phenoxy) is 1. The largest absolute Gasteiger partial charge is 0.376 e. The van der Waals surface area contributed by atoms with E-state index in [0.29, 0.717) is 6.54 Å². The van der Waals surface area contributed by atoms with Crippen molar-refractivity contribution in [3.05, 3.63) is 47.5 Å². The van der Waals surface area contributed by atoms with Gasteiger partial charge in [-0.2, -0.15) is 0 Å². The first-order chi connectivity index (χ1) is 12.6. The molecule has 1 saturated heterocycles. The van der Waals surface area contributed by atoms with E-state index >= 15 is 0 Å². The molecule has 0 aliphatic carbocycles. The fourth-order valence-corrected chi connectivity index (χ4v) is 2.99. The molecule has 0 spiro atoms. The van der Waals surface area contributed by atoms with Gasteiger partial charge in [-0.1, -0.05) is 30.3 Å². The summed E-state index contributed by atoms with van der Waals surface area (Å²) in [5, 5.41) is 11.8. The number of guanidine groups is 1. The van der Waals surface area contributed by atoms with Crippen LogP contribution in [0.1, 0.15) is 30.1 Å². The van der Waals surface area contributed by atoms with E-state index in [-0.39, 0.29) is 30.1 Å². The standard InChI is InChI=1S/C19H28N6O.HI/c1-15-22-23-18(25(15)3)13-21-19(20-12-17-10-7-11-26-17)24(2)14-16-8-5-4-6-9-16;/h4-6,8-9,17H,7,10-14H2,1-3H3,(H,20,21);1H. The highest BCUT2D eigenvalue weighted by molar-refractivity contribution is 14.0. The Hall–Kier alpha value is -1.68. The molecule has 2 heterocycles. The van der Waals surface area contributed by atoms with Crippen molar-refractivity contribution in [3.63, 3.8) is 0 Å². The van der Waals surface area contributed by atoms with Gasteiger partial charge in [0.15, 0.2) is 11.8 Å². The first kappa shape index (κ1) is 21.6. The van der Waals surface area contributed by atoms with Crippen LogP contribution in [0.15, 0.2) is 35.3 Å². The lowest BCUT2D eigenvalue weighted by Crippen LogP contribution is -2.42. The summed E-state index contributed by atoms with van der Waals surface area (Å²) in [6.07, 6.45) is 2.50. The van der Waals surface area contributed by atoms with E-state index in [9.17, 15) is 0 Å². The summed E-state index contributed by atoms with van der Waals surface area (Å²) in [5.74, 6) is 2.60. The number of halogens is 1. The van der Waals surface area contributed by atoms with Crippen LogP contribution in [0.25, 0.3) is 0 Å². The Morgan fingerprint density at radius 3 is 2.74 bits per heavy atom. The van der Waals surface area contributed by atoms with Crippen LogP contribution in [0, 0.1) is 6.92 Å². The van der Waals surface area contributed by atoms with E-state index in [0.717, 1.165) is 50.1 Å². The van der Waals surface area contributed by atoms with Crippen molar-refractivity contribution in [2.75, 3.05) is 20.2 Å². The molecule has 1 fully saturated rings. The Morgan fingerprint density at radius 1 is 1.33 bits per heavy atom. The lowest BCUT2D eigenvalue weighted by molar-refractivity contribution is 0.113. The van der Waals surface area contributed by atoms with Crippen molar-refractivity contribution >= 4 is 29.9 Å². The second-order valence-corrected chi connectivity index (χ2v) is 6.72. The Labute approximate surface area is 178 Å². The molecule has 1 atom stereocenters. The van der Waals surface area contributed by atoms with Gasteiger partial charge < -0.3 is 19.5 Å². The van der Waals surface area contributed by atoms with Gasteiger partial charge in [0.05, 0.1) is 6.10 Å². The molecule has 1 aliphatic rings. The predicted octanol–water partition coefficient (Wildman–Crippen LogP) is 2.50. The molecule has 0 saturated carbocycles. The molecular weight excluding hydrogens is 455 g/mol. The van der Waals surface area contributed by atoms with Gasteiger partial charge in [0.1, 0.15) is 12.4 Å². The Morgan fingerprint density at radius 2 is 2.11 bits per heavy atom. The van der Waals surface area contributed by atoms with Crippen molar-refractivity contribution in [1.29, 1.82) is 0 Å². The fraction of sp³-hybridized carbons (Fsp3) is 0.526. The van der Waals surface area contributed by atoms with Crippen LogP contribution in [0.2, 0.25) is 0 Å². The highest BCUT2D eigenvalue weighted by atomic mass is 127. The summed E-state index contributed by atoms with van der Waals surface area (Å²) in [6, 6.07) is 10.4. The zero-order valence-corrected chi connectivity index (χ0v) is 18.6. The van der Waals surface area contributed by atoms with Crippen LogP contribution in [0.5, 0.6) is 0 Å². The van der Waals surface area contributed by atoms with Crippen LogP contribution in [0.3, 0.4) is 0 Å². The number of hydrogen-bond acceptors (Lipinski definition) is 4. The molecule has 8 heteroatoms. The molecule has 7 nitrogen and oxygen atoms in total. The molecule has 0 bridgehead atoms. The summed E-state index contributed by atoms with van der Waals surface area (Å²) in [5.41, 5.74) is 1.25. The summed E-state index contributed by atoms with van der Waals surface area (Å²) in [6.45, 7) is 4.85.